The highest BCUT2D eigenvalue weighted by Gasteiger charge is 2.49. The first-order chi connectivity index (χ1) is 13.8. The quantitative estimate of drug-likeness (QED) is 0.388. The van der Waals surface area contributed by atoms with E-state index in [0.29, 0.717) is 6.61 Å². The smallest absolute Gasteiger partial charge is 0.407 e. The summed E-state index contributed by atoms with van der Waals surface area (Å²) in [6, 6.07) is 9.37. The highest BCUT2D eigenvalue weighted by atomic mass is 127. The number of carbonyl (C=O) groups is 1. The van der Waals surface area contributed by atoms with Crippen molar-refractivity contribution in [3.05, 3.63) is 35.9 Å². The zero-order valence-electron chi connectivity index (χ0n) is 15.4. The second-order valence-electron chi connectivity index (χ2n) is 6.48. The first kappa shape index (κ1) is 24.0. The predicted molar refractivity (Wildman–Crippen MR) is 123 cm³/mol. The third kappa shape index (κ3) is 6.65. The normalized spacial score (nSPS) is 32.3. The van der Waals surface area contributed by atoms with E-state index in [0.717, 1.165) is 11.3 Å². The largest absolute Gasteiger partial charge is 0.445 e. The van der Waals surface area contributed by atoms with Crippen LogP contribution in [-0.2, 0) is 18.9 Å². The van der Waals surface area contributed by atoms with E-state index in [2.05, 4.69) is 27.9 Å². The Labute approximate surface area is 202 Å². The molecule has 0 bridgehead atoms. The van der Waals surface area contributed by atoms with Gasteiger partial charge >= 0.3 is 6.09 Å². The van der Waals surface area contributed by atoms with E-state index in [-0.39, 0.29) is 34.2 Å². The minimum Gasteiger partial charge on any atom is -0.445 e. The zero-order chi connectivity index (χ0) is 21.0. The van der Waals surface area contributed by atoms with Crippen molar-refractivity contribution in [1.29, 1.82) is 0 Å². The molecule has 1 amide bonds. The number of fused-ring (bicyclic) bond motifs is 1. The highest BCUT2D eigenvalue weighted by Crippen LogP contribution is 2.39. The first-order valence-electron chi connectivity index (χ1n) is 9.01. The van der Waals surface area contributed by atoms with Gasteiger partial charge in [-0.05, 0) is 5.75 Å². The summed E-state index contributed by atoms with van der Waals surface area (Å²) < 4.78 is 21.6. The number of ether oxygens (including phenoxy) is 4. The Morgan fingerprint density at radius 1 is 1.31 bits per heavy atom. The van der Waals surface area contributed by atoms with Gasteiger partial charge in [-0.15, -0.1) is 11.8 Å². The van der Waals surface area contributed by atoms with Crippen LogP contribution in [0.1, 0.15) is 18.8 Å². The van der Waals surface area contributed by atoms with Gasteiger partial charge in [0, 0.05) is 5.56 Å². The van der Waals surface area contributed by atoms with Crippen LogP contribution in [0.5, 0.6) is 0 Å². The van der Waals surface area contributed by atoms with Crippen LogP contribution in [0.4, 0.5) is 4.79 Å². The number of nitrogens with one attached hydrogen (secondary N) is 1. The average molecular weight is 597 g/mol. The maximum atomic E-state index is 12.3. The maximum absolute atomic E-state index is 12.3. The molecule has 2 heterocycles. The molecule has 2 fully saturated rings. The number of benzene rings is 1. The fourth-order valence-electron chi connectivity index (χ4n) is 3.12. The van der Waals surface area contributed by atoms with Crippen molar-refractivity contribution in [3.63, 3.8) is 0 Å². The Hall–Kier alpha value is 0.320. The lowest BCUT2D eigenvalue weighted by Crippen LogP contribution is -2.63. The van der Waals surface area contributed by atoms with Crippen molar-refractivity contribution in [2.24, 2.45) is 0 Å². The van der Waals surface area contributed by atoms with Gasteiger partial charge in [0.1, 0.15) is 24.3 Å². The minimum atomic E-state index is -1.67. The molecular weight excluding hydrogens is 576 g/mol. The summed E-state index contributed by atoms with van der Waals surface area (Å²) in [5, 5.41) is 2.85. The fourth-order valence-corrected chi connectivity index (χ4v) is 5.75. The van der Waals surface area contributed by atoms with Crippen LogP contribution in [0.2, 0.25) is 0 Å². The summed E-state index contributed by atoms with van der Waals surface area (Å²) in [4.78, 5) is 12.3. The first-order valence-corrected chi connectivity index (χ1v) is 12.4. The number of thioether (sulfide) groups is 1. The number of hydrogen-bond acceptors (Lipinski definition) is 6. The molecule has 0 saturated carbocycles. The summed E-state index contributed by atoms with van der Waals surface area (Å²) in [6.07, 6.45) is -1.64. The number of alkyl halides is 4. The molecule has 6 atom stereocenters. The van der Waals surface area contributed by atoms with E-state index in [1.165, 1.54) is 0 Å². The van der Waals surface area contributed by atoms with Gasteiger partial charge in [-0.3, -0.25) is 0 Å². The third-order valence-corrected chi connectivity index (χ3v) is 7.25. The highest BCUT2D eigenvalue weighted by molar-refractivity contribution is 14.1. The van der Waals surface area contributed by atoms with Gasteiger partial charge in [0.05, 0.1) is 16.6 Å². The molecule has 2 aliphatic heterocycles. The molecule has 1 aromatic rings. The molecule has 162 valence electrons. The van der Waals surface area contributed by atoms with Gasteiger partial charge in [-0.2, -0.15) is 0 Å². The van der Waals surface area contributed by atoms with Crippen LogP contribution in [0, 0.1) is 0 Å². The molecule has 3 rings (SSSR count). The van der Waals surface area contributed by atoms with Crippen LogP contribution < -0.4 is 5.32 Å². The molecule has 0 unspecified atom stereocenters. The predicted octanol–water partition coefficient (Wildman–Crippen LogP) is 4.85. The van der Waals surface area contributed by atoms with E-state index in [9.17, 15) is 4.79 Å². The lowest BCUT2D eigenvalue weighted by molar-refractivity contribution is -0.280. The Morgan fingerprint density at radius 3 is 2.69 bits per heavy atom. The maximum Gasteiger partial charge on any atom is 0.407 e. The molecule has 11 heteroatoms. The number of hydrogen-bond donors (Lipinski definition) is 1. The van der Waals surface area contributed by atoms with E-state index >= 15 is 0 Å². The molecule has 2 saturated heterocycles. The van der Waals surface area contributed by atoms with Gasteiger partial charge in [0.25, 0.3) is 0 Å². The number of carbonyl (C=O) groups excluding carboxylic acids is 1. The van der Waals surface area contributed by atoms with Crippen molar-refractivity contribution in [2.45, 2.75) is 44.6 Å². The number of amides is 1. The molecule has 1 N–H and O–H groups in total. The van der Waals surface area contributed by atoms with Crippen molar-refractivity contribution in [1.82, 2.24) is 5.32 Å². The van der Waals surface area contributed by atoms with Gasteiger partial charge in [-0.1, -0.05) is 94.6 Å². The minimum absolute atomic E-state index is 0.0779. The van der Waals surface area contributed by atoms with Crippen molar-refractivity contribution < 1.29 is 23.7 Å². The number of halogens is 4. The molecule has 0 aromatic heterocycles. The average Bonchev–Trinajstić information content (AvgIpc) is 2.69. The fraction of sp³-hybridized carbons (Fsp3) is 0.611. The topological polar surface area (TPSA) is 66.0 Å². The Morgan fingerprint density at radius 2 is 2.03 bits per heavy atom. The lowest BCUT2D eigenvalue weighted by atomic mass is 10.00. The Balaban J connectivity index is 1.69. The zero-order valence-corrected chi connectivity index (χ0v) is 20.7. The van der Waals surface area contributed by atoms with E-state index in [4.69, 9.17) is 53.8 Å². The molecule has 2 aliphatic rings. The molecule has 0 spiro atoms. The van der Waals surface area contributed by atoms with Crippen molar-refractivity contribution in [3.8, 4) is 0 Å². The van der Waals surface area contributed by atoms with Crippen LogP contribution in [0.3, 0.4) is 0 Å². The van der Waals surface area contributed by atoms with Gasteiger partial charge < -0.3 is 24.3 Å². The summed E-state index contributed by atoms with van der Waals surface area (Å²) >= 11 is 20.9. The third-order valence-electron chi connectivity index (χ3n) is 4.37. The Bertz CT molecular complexity index is 683. The Kier molecular flexibility index (Phi) is 8.90. The van der Waals surface area contributed by atoms with E-state index < -0.39 is 16.2 Å². The summed E-state index contributed by atoms with van der Waals surface area (Å²) in [5.41, 5.74) is 0.662. The van der Waals surface area contributed by atoms with Crippen LogP contribution in [-0.4, -0.2) is 56.5 Å². The van der Waals surface area contributed by atoms with Crippen LogP contribution in [0.25, 0.3) is 0 Å². The van der Waals surface area contributed by atoms with Crippen LogP contribution >= 0.6 is 69.2 Å². The molecule has 0 aliphatic carbocycles. The SMILES string of the molecule is CCS[C@@H]1O[C@@H]2CO[C@@H](c3ccccc3)O[C@H]2[C@@H](I)[C@H]1NC(=O)OCC(Cl)(Cl)Cl. The molecule has 6 nitrogen and oxygen atoms in total. The summed E-state index contributed by atoms with van der Waals surface area (Å²) in [5.74, 6) is 0.821. The summed E-state index contributed by atoms with van der Waals surface area (Å²) in [6.45, 7) is 2.09. The van der Waals surface area contributed by atoms with Crippen molar-refractivity contribution in [2.75, 3.05) is 19.0 Å². The second-order valence-corrected chi connectivity index (χ2v) is 11.8. The number of alkyl carbamates (subject to hydrolysis) is 1. The summed E-state index contributed by atoms with van der Waals surface area (Å²) in [7, 11) is 0. The standard InChI is InChI=1S/C18H21Cl3INO5S/c1-2-29-16-13(23-17(24)26-9-18(19,20)21)12(22)14-11(27-16)8-25-15(28-14)10-6-4-3-5-7-10/h3-7,11-16H,2,8-9H2,1H3,(H,23,24)/t11-,12+,13-,14-,15-,16+/m1/s1. The van der Waals surface area contributed by atoms with Gasteiger partial charge in [0.15, 0.2) is 6.29 Å². The monoisotopic (exact) mass is 595 g/mol. The molecule has 1 aromatic carbocycles. The van der Waals surface area contributed by atoms with Crippen LogP contribution in [0.15, 0.2) is 30.3 Å². The van der Waals surface area contributed by atoms with Crippen molar-refractivity contribution >= 4 is 75.2 Å². The second kappa shape index (κ2) is 10.8. The number of rotatable bonds is 5. The lowest BCUT2D eigenvalue weighted by Gasteiger charge is -2.48. The van der Waals surface area contributed by atoms with Gasteiger partial charge in [-0.25, -0.2) is 4.79 Å². The van der Waals surface area contributed by atoms with E-state index in [1.54, 1.807) is 11.8 Å². The van der Waals surface area contributed by atoms with Gasteiger partial charge in [0.2, 0.25) is 3.79 Å². The molecule has 29 heavy (non-hydrogen) atoms. The molecular formula is C18H21Cl3INO5S. The van der Waals surface area contributed by atoms with E-state index in [1.807, 2.05) is 37.3 Å². The molecule has 0 radical (unpaired) electrons.